The van der Waals surface area contributed by atoms with Crippen LogP contribution in [0.1, 0.15) is 6.42 Å². The third-order valence-electron chi connectivity index (χ3n) is 4.00. The van der Waals surface area contributed by atoms with Crippen molar-refractivity contribution in [1.82, 2.24) is 19.7 Å². The molecule has 0 saturated heterocycles. The van der Waals surface area contributed by atoms with Crippen molar-refractivity contribution < 1.29 is 4.79 Å². The molecular formula is C19H17N5OS. The van der Waals surface area contributed by atoms with Gasteiger partial charge in [0.05, 0.1) is 5.69 Å². The van der Waals surface area contributed by atoms with Crippen molar-refractivity contribution in [2.24, 2.45) is 5.73 Å². The van der Waals surface area contributed by atoms with Crippen LogP contribution in [0.3, 0.4) is 0 Å². The Hall–Kier alpha value is -3.06. The summed E-state index contributed by atoms with van der Waals surface area (Å²) in [6, 6.07) is 20.1. The predicted octanol–water partition coefficient (Wildman–Crippen LogP) is 3.38. The SMILES string of the molecule is NC(=O)CCSc1nnc(-c2cc3ccccc3[nH]2)n1-c1ccccc1. The van der Waals surface area contributed by atoms with E-state index in [0.717, 1.165) is 33.3 Å². The number of aromatic amines is 1. The van der Waals surface area contributed by atoms with Gasteiger partial charge in [-0.2, -0.15) is 0 Å². The summed E-state index contributed by atoms with van der Waals surface area (Å²) in [4.78, 5) is 14.4. The van der Waals surface area contributed by atoms with Crippen LogP contribution >= 0.6 is 11.8 Å². The molecule has 1 amide bonds. The van der Waals surface area contributed by atoms with Crippen LogP contribution < -0.4 is 5.73 Å². The monoisotopic (exact) mass is 363 g/mol. The number of carbonyl (C=O) groups is 1. The Morgan fingerprint density at radius 3 is 2.62 bits per heavy atom. The van der Waals surface area contributed by atoms with Crippen molar-refractivity contribution >= 4 is 28.6 Å². The molecule has 0 aliphatic carbocycles. The molecule has 0 radical (unpaired) electrons. The van der Waals surface area contributed by atoms with Gasteiger partial charge in [-0.15, -0.1) is 10.2 Å². The maximum atomic E-state index is 11.0. The first-order chi connectivity index (χ1) is 12.7. The molecule has 4 rings (SSSR count). The highest BCUT2D eigenvalue weighted by Gasteiger charge is 2.17. The van der Waals surface area contributed by atoms with E-state index in [1.807, 2.05) is 53.1 Å². The van der Waals surface area contributed by atoms with E-state index in [1.165, 1.54) is 11.8 Å². The Kier molecular flexibility index (Phi) is 4.45. The van der Waals surface area contributed by atoms with E-state index < -0.39 is 0 Å². The number of thioether (sulfide) groups is 1. The summed E-state index contributed by atoms with van der Waals surface area (Å²) in [7, 11) is 0. The van der Waals surface area contributed by atoms with Crippen LogP contribution in [0.5, 0.6) is 0 Å². The third kappa shape index (κ3) is 3.21. The molecule has 0 atom stereocenters. The minimum atomic E-state index is -0.320. The fourth-order valence-electron chi connectivity index (χ4n) is 2.78. The number of benzene rings is 2. The van der Waals surface area contributed by atoms with Crippen LogP contribution in [0.15, 0.2) is 65.8 Å². The molecule has 0 aliphatic heterocycles. The fourth-order valence-corrected chi connectivity index (χ4v) is 3.69. The molecule has 130 valence electrons. The molecule has 2 aromatic carbocycles. The standard InChI is InChI=1S/C19H17N5OS/c20-17(25)10-11-26-19-23-22-18(24(19)14-7-2-1-3-8-14)16-12-13-6-4-5-9-15(13)21-16/h1-9,12,21H,10-11H2,(H2,20,25). The van der Waals surface area contributed by atoms with Crippen molar-refractivity contribution in [3.63, 3.8) is 0 Å². The summed E-state index contributed by atoms with van der Waals surface area (Å²) < 4.78 is 2.00. The lowest BCUT2D eigenvalue weighted by Gasteiger charge is -2.09. The average molecular weight is 363 g/mol. The second-order valence-electron chi connectivity index (χ2n) is 5.81. The highest BCUT2D eigenvalue weighted by atomic mass is 32.2. The molecule has 3 N–H and O–H groups in total. The first kappa shape index (κ1) is 16.4. The highest BCUT2D eigenvalue weighted by molar-refractivity contribution is 7.99. The van der Waals surface area contributed by atoms with Crippen molar-refractivity contribution in [1.29, 1.82) is 0 Å². The third-order valence-corrected chi connectivity index (χ3v) is 4.93. The molecule has 0 unspecified atom stereocenters. The summed E-state index contributed by atoms with van der Waals surface area (Å²) in [5.41, 5.74) is 8.15. The number of nitrogens with two attached hydrogens (primary N) is 1. The average Bonchev–Trinajstić information content (AvgIpc) is 3.25. The Balaban J connectivity index is 1.78. The number of fused-ring (bicyclic) bond motifs is 1. The second kappa shape index (κ2) is 7.05. The smallest absolute Gasteiger partial charge is 0.218 e. The normalized spacial score (nSPS) is 11.1. The minimum absolute atomic E-state index is 0.300. The van der Waals surface area contributed by atoms with Gasteiger partial charge in [0.1, 0.15) is 0 Å². The number of H-pyrrole nitrogens is 1. The Morgan fingerprint density at radius 2 is 1.85 bits per heavy atom. The Morgan fingerprint density at radius 1 is 1.08 bits per heavy atom. The largest absolute Gasteiger partial charge is 0.370 e. The lowest BCUT2D eigenvalue weighted by Crippen LogP contribution is -2.11. The molecule has 0 spiro atoms. The number of carbonyl (C=O) groups excluding carboxylic acids is 1. The first-order valence-corrected chi connectivity index (χ1v) is 9.21. The second-order valence-corrected chi connectivity index (χ2v) is 6.87. The van der Waals surface area contributed by atoms with Gasteiger partial charge in [0, 0.05) is 28.8 Å². The molecule has 26 heavy (non-hydrogen) atoms. The van der Waals surface area contributed by atoms with Crippen LogP contribution in [0.4, 0.5) is 0 Å². The van der Waals surface area contributed by atoms with Crippen molar-refractivity contribution in [2.75, 3.05) is 5.75 Å². The van der Waals surface area contributed by atoms with Crippen molar-refractivity contribution in [2.45, 2.75) is 11.6 Å². The summed E-state index contributed by atoms with van der Waals surface area (Å²) in [6.45, 7) is 0. The number of rotatable bonds is 6. The zero-order valence-corrected chi connectivity index (χ0v) is 14.7. The van der Waals surface area contributed by atoms with E-state index in [2.05, 4.69) is 27.3 Å². The van der Waals surface area contributed by atoms with Gasteiger partial charge in [-0.3, -0.25) is 9.36 Å². The quantitative estimate of drug-likeness (QED) is 0.514. The van der Waals surface area contributed by atoms with Gasteiger partial charge in [-0.1, -0.05) is 48.2 Å². The maximum Gasteiger partial charge on any atom is 0.218 e. The van der Waals surface area contributed by atoms with Crippen LogP contribution in [0.2, 0.25) is 0 Å². The number of aromatic nitrogens is 4. The van der Waals surface area contributed by atoms with Crippen molar-refractivity contribution in [3.8, 4) is 17.2 Å². The van der Waals surface area contributed by atoms with Crippen LogP contribution in [-0.2, 0) is 4.79 Å². The molecule has 0 saturated carbocycles. The number of primary amides is 1. The van der Waals surface area contributed by atoms with E-state index in [0.29, 0.717) is 12.2 Å². The topological polar surface area (TPSA) is 89.6 Å². The number of hydrogen-bond donors (Lipinski definition) is 2. The Labute approximate surface area is 154 Å². The fraction of sp³-hybridized carbons (Fsp3) is 0.105. The van der Waals surface area contributed by atoms with E-state index in [9.17, 15) is 4.79 Å². The molecule has 0 fully saturated rings. The molecule has 6 nitrogen and oxygen atoms in total. The molecule has 2 heterocycles. The van der Waals surface area contributed by atoms with E-state index >= 15 is 0 Å². The van der Waals surface area contributed by atoms with Gasteiger partial charge in [0.15, 0.2) is 11.0 Å². The molecule has 4 aromatic rings. The van der Waals surface area contributed by atoms with Crippen LogP contribution in [-0.4, -0.2) is 31.4 Å². The number of para-hydroxylation sites is 2. The lowest BCUT2D eigenvalue weighted by atomic mass is 10.2. The van der Waals surface area contributed by atoms with E-state index in [-0.39, 0.29) is 5.91 Å². The number of amides is 1. The first-order valence-electron chi connectivity index (χ1n) is 8.22. The number of nitrogens with one attached hydrogen (secondary N) is 1. The zero-order chi connectivity index (χ0) is 17.9. The highest BCUT2D eigenvalue weighted by Crippen LogP contribution is 2.29. The van der Waals surface area contributed by atoms with E-state index in [4.69, 9.17) is 5.73 Å². The number of hydrogen-bond acceptors (Lipinski definition) is 4. The van der Waals surface area contributed by atoms with Gasteiger partial charge in [0.25, 0.3) is 0 Å². The van der Waals surface area contributed by atoms with Gasteiger partial charge >= 0.3 is 0 Å². The molecule has 0 bridgehead atoms. The lowest BCUT2D eigenvalue weighted by molar-refractivity contribution is -0.117. The molecule has 2 aromatic heterocycles. The molecule has 7 heteroatoms. The summed E-state index contributed by atoms with van der Waals surface area (Å²) in [6.07, 6.45) is 0.300. The van der Waals surface area contributed by atoms with Crippen LogP contribution in [0.25, 0.3) is 28.1 Å². The predicted molar refractivity (Wildman–Crippen MR) is 103 cm³/mol. The minimum Gasteiger partial charge on any atom is -0.370 e. The summed E-state index contributed by atoms with van der Waals surface area (Å²) >= 11 is 1.47. The summed E-state index contributed by atoms with van der Waals surface area (Å²) in [5, 5.41) is 10.6. The molecule has 0 aliphatic rings. The summed E-state index contributed by atoms with van der Waals surface area (Å²) in [5.74, 6) is 0.973. The van der Waals surface area contributed by atoms with Crippen LogP contribution in [0, 0.1) is 0 Å². The van der Waals surface area contributed by atoms with Gasteiger partial charge < -0.3 is 10.7 Å². The van der Waals surface area contributed by atoms with Gasteiger partial charge in [-0.05, 0) is 24.3 Å². The molecular weight excluding hydrogens is 346 g/mol. The Bertz CT molecular complexity index is 1020. The zero-order valence-electron chi connectivity index (χ0n) is 13.9. The maximum absolute atomic E-state index is 11.0. The van der Waals surface area contributed by atoms with Gasteiger partial charge in [0.2, 0.25) is 5.91 Å². The van der Waals surface area contributed by atoms with Crippen molar-refractivity contribution in [3.05, 3.63) is 60.7 Å². The number of nitrogens with zero attached hydrogens (tertiary/aromatic N) is 3. The van der Waals surface area contributed by atoms with Gasteiger partial charge in [-0.25, -0.2) is 0 Å². The van der Waals surface area contributed by atoms with E-state index in [1.54, 1.807) is 0 Å².